The number of alkyl halides is 2. The number of halogens is 2. The van der Waals surface area contributed by atoms with Crippen LogP contribution in [0.1, 0.15) is 31.1 Å². The first-order valence-electron chi connectivity index (χ1n) is 5.82. The van der Waals surface area contributed by atoms with Gasteiger partial charge in [0.2, 0.25) is 0 Å². The molecule has 2 amide bonds. The molecule has 3 rings (SSSR count). The van der Waals surface area contributed by atoms with Gasteiger partial charge in [0.1, 0.15) is 10.7 Å². The molecule has 0 saturated carbocycles. The number of aromatic nitrogens is 1. The number of carbonyl (C=O) groups excluding carboxylic acids is 2. The minimum atomic E-state index is -0.872. The quantitative estimate of drug-likeness (QED) is 0.631. The van der Waals surface area contributed by atoms with Gasteiger partial charge in [-0.3, -0.25) is 9.59 Å². The zero-order chi connectivity index (χ0) is 14.3. The van der Waals surface area contributed by atoms with Gasteiger partial charge in [0, 0.05) is 11.8 Å². The molecule has 1 aliphatic heterocycles. The van der Waals surface area contributed by atoms with Crippen molar-refractivity contribution in [3.05, 3.63) is 59.3 Å². The van der Waals surface area contributed by atoms with Crippen LogP contribution in [0.3, 0.4) is 0 Å². The van der Waals surface area contributed by atoms with Crippen molar-refractivity contribution in [1.82, 2.24) is 4.98 Å². The zero-order valence-corrected chi connectivity index (χ0v) is 11.6. The van der Waals surface area contributed by atoms with Crippen molar-refractivity contribution in [3.8, 4) is 0 Å². The minimum Gasteiger partial charge on any atom is -0.268 e. The Kier molecular flexibility index (Phi) is 3.20. The van der Waals surface area contributed by atoms with Crippen molar-refractivity contribution < 1.29 is 9.59 Å². The highest BCUT2D eigenvalue weighted by molar-refractivity contribution is 6.44. The van der Waals surface area contributed by atoms with Crippen molar-refractivity contribution in [2.24, 2.45) is 0 Å². The van der Waals surface area contributed by atoms with Crippen LogP contribution in [0.25, 0.3) is 0 Å². The van der Waals surface area contributed by atoms with Crippen molar-refractivity contribution in [3.63, 3.8) is 0 Å². The number of fused-ring (bicyclic) bond motifs is 1. The predicted octanol–water partition coefficient (Wildman–Crippen LogP) is 3.36. The lowest BCUT2D eigenvalue weighted by molar-refractivity contribution is 0.0925. The van der Waals surface area contributed by atoms with E-state index >= 15 is 0 Å². The SMILES string of the molecule is O=C1c2ccccc2C(=O)N1c1ncccc1C(Cl)Cl. The Morgan fingerprint density at radius 3 is 2.10 bits per heavy atom. The highest BCUT2D eigenvalue weighted by Crippen LogP contribution is 2.35. The van der Waals surface area contributed by atoms with E-state index in [4.69, 9.17) is 23.2 Å². The van der Waals surface area contributed by atoms with Crippen molar-refractivity contribution in [2.75, 3.05) is 4.90 Å². The molecule has 2 heterocycles. The van der Waals surface area contributed by atoms with Gasteiger partial charge in [-0.25, -0.2) is 9.88 Å². The predicted molar refractivity (Wildman–Crippen MR) is 76.3 cm³/mol. The number of anilines is 1. The van der Waals surface area contributed by atoms with Crippen molar-refractivity contribution in [2.45, 2.75) is 4.84 Å². The Bertz CT molecular complexity index is 681. The first-order chi connectivity index (χ1) is 9.61. The summed E-state index contributed by atoms with van der Waals surface area (Å²) in [7, 11) is 0. The fraction of sp³-hybridized carbons (Fsp3) is 0.0714. The van der Waals surface area contributed by atoms with Crippen LogP contribution in [0.5, 0.6) is 0 Å². The molecule has 0 spiro atoms. The second-order valence-electron chi connectivity index (χ2n) is 4.21. The van der Waals surface area contributed by atoms with Crippen LogP contribution in [-0.2, 0) is 0 Å². The standard InChI is InChI=1S/C14H8Cl2N2O2/c15-11(16)10-6-3-7-17-12(10)18-13(19)8-4-1-2-5-9(8)14(18)20/h1-7,11H. The molecule has 100 valence electrons. The maximum absolute atomic E-state index is 12.4. The van der Waals surface area contributed by atoms with Crippen LogP contribution in [0.2, 0.25) is 0 Å². The van der Waals surface area contributed by atoms with Crippen LogP contribution in [-0.4, -0.2) is 16.8 Å². The highest BCUT2D eigenvalue weighted by atomic mass is 35.5. The number of rotatable bonds is 2. The largest absolute Gasteiger partial charge is 0.268 e. The maximum Gasteiger partial charge on any atom is 0.267 e. The Hall–Kier alpha value is -1.91. The number of hydrogen-bond donors (Lipinski definition) is 0. The molecule has 6 heteroatoms. The molecule has 0 saturated heterocycles. The summed E-state index contributed by atoms with van der Waals surface area (Å²) >= 11 is 11.7. The number of amides is 2. The van der Waals surface area contributed by atoms with E-state index in [9.17, 15) is 9.59 Å². The number of nitrogens with zero attached hydrogens (tertiary/aromatic N) is 2. The summed E-state index contributed by atoms with van der Waals surface area (Å²) < 4.78 is 0. The van der Waals surface area contributed by atoms with Crippen LogP contribution >= 0.6 is 23.2 Å². The lowest BCUT2D eigenvalue weighted by Gasteiger charge is -2.16. The third kappa shape index (κ3) is 1.88. The summed E-state index contributed by atoms with van der Waals surface area (Å²) in [6, 6.07) is 9.91. The number of carbonyl (C=O) groups is 2. The first kappa shape index (κ1) is 13.1. The van der Waals surface area contributed by atoms with Crippen molar-refractivity contribution >= 4 is 40.8 Å². The van der Waals surface area contributed by atoms with E-state index in [0.717, 1.165) is 4.90 Å². The van der Waals surface area contributed by atoms with Gasteiger partial charge in [0.15, 0.2) is 0 Å². The van der Waals surface area contributed by atoms with Crippen LogP contribution in [0.15, 0.2) is 42.6 Å². The summed E-state index contributed by atoms with van der Waals surface area (Å²) in [4.78, 5) is 28.9. The Labute approximate surface area is 124 Å². The Morgan fingerprint density at radius 2 is 1.55 bits per heavy atom. The van der Waals surface area contributed by atoms with E-state index in [0.29, 0.717) is 16.7 Å². The van der Waals surface area contributed by atoms with Gasteiger partial charge in [-0.15, -0.1) is 0 Å². The van der Waals surface area contributed by atoms with Crippen LogP contribution < -0.4 is 4.90 Å². The zero-order valence-electron chi connectivity index (χ0n) is 10.1. The number of imide groups is 1. The molecule has 4 nitrogen and oxygen atoms in total. The van der Waals surface area contributed by atoms with Crippen LogP contribution in [0, 0.1) is 0 Å². The third-order valence-electron chi connectivity index (χ3n) is 3.06. The smallest absolute Gasteiger partial charge is 0.267 e. The highest BCUT2D eigenvalue weighted by Gasteiger charge is 2.38. The lowest BCUT2D eigenvalue weighted by Crippen LogP contribution is -2.31. The number of hydrogen-bond acceptors (Lipinski definition) is 3. The topological polar surface area (TPSA) is 50.3 Å². The molecule has 1 aromatic carbocycles. The summed E-state index contributed by atoms with van der Waals surface area (Å²) in [6.45, 7) is 0. The molecule has 0 fully saturated rings. The fourth-order valence-corrected chi connectivity index (χ4v) is 2.49. The van der Waals surface area contributed by atoms with E-state index in [1.54, 1.807) is 36.4 Å². The summed E-state index contributed by atoms with van der Waals surface area (Å²) in [5, 5.41) is 0. The Morgan fingerprint density at radius 1 is 0.950 bits per heavy atom. The normalized spacial score (nSPS) is 14.1. The average molecular weight is 307 g/mol. The van der Waals surface area contributed by atoms with Gasteiger partial charge in [0.05, 0.1) is 11.1 Å². The number of benzene rings is 1. The van der Waals surface area contributed by atoms with Gasteiger partial charge in [-0.2, -0.15) is 0 Å². The van der Waals surface area contributed by atoms with Gasteiger partial charge in [-0.1, -0.05) is 41.4 Å². The molecule has 0 radical (unpaired) electrons. The second-order valence-corrected chi connectivity index (χ2v) is 5.30. The van der Waals surface area contributed by atoms with E-state index in [-0.39, 0.29) is 5.82 Å². The molecule has 0 aliphatic carbocycles. The molecule has 0 unspecified atom stereocenters. The van der Waals surface area contributed by atoms with E-state index < -0.39 is 16.7 Å². The second kappa shape index (κ2) is 4.89. The monoisotopic (exact) mass is 306 g/mol. The maximum atomic E-state index is 12.4. The van der Waals surface area contributed by atoms with E-state index in [1.165, 1.54) is 6.20 Å². The lowest BCUT2D eigenvalue weighted by atomic mass is 10.1. The third-order valence-corrected chi connectivity index (χ3v) is 3.53. The molecule has 20 heavy (non-hydrogen) atoms. The Balaban J connectivity index is 2.15. The van der Waals surface area contributed by atoms with Crippen LogP contribution in [0.4, 0.5) is 5.82 Å². The first-order valence-corrected chi connectivity index (χ1v) is 6.69. The molecule has 1 aliphatic rings. The number of pyridine rings is 1. The molecule has 0 bridgehead atoms. The molecule has 0 atom stereocenters. The van der Waals surface area contributed by atoms with Gasteiger partial charge < -0.3 is 0 Å². The summed E-state index contributed by atoms with van der Waals surface area (Å²) in [5.41, 5.74) is 1.13. The van der Waals surface area contributed by atoms with Crippen molar-refractivity contribution in [1.29, 1.82) is 0 Å². The molecular weight excluding hydrogens is 299 g/mol. The summed E-state index contributed by atoms with van der Waals surface area (Å²) in [5.74, 6) is -0.659. The average Bonchev–Trinajstić information content (AvgIpc) is 2.71. The molecule has 1 aromatic heterocycles. The van der Waals surface area contributed by atoms with Gasteiger partial charge in [0.25, 0.3) is 11.8 Å². The fourth-order valence-electron chi connectivity index (χ4n) is 2.15. The minimum absolute atomic E-state index is 0.175. The van der Waals surface area contributed by atoms with Gasteiger partial charge >= 0.3 is 0 Å². The van der Waals surface area contributed by atoms with E-state index in [1.807, 2.05) is 0 Å². The molecule has 2 aromatic rings. The summed E-state index contributed by atoms with van der Waals surface area (Å²) in [6.07, 6.45) is 1.48. The molecule has 0 N–H and O–H groups in total. The molecular formula is C14H8Cl2N2O2. The van der Waals surface area contributed by atoms with Gasteiger partial charge in [-0.05, 0) is 18.2 Å². The van der Waals surface area contributed by atoms with E-state index in [2.05, 4.69) is 4.98 Å².